The van der Waals surface area contributed by atoms with Crippen LogP contribution in [-0.2, 0) is 0 Å². The summed E-state index contributed by atoms with van der Waals surface area (Å²) in [6.07, 6.45) is 0. The van der Waals surface area contributed by atoms with Crippen LogP contribution in [0.1, 0.15) is 0 Å². The predicted molar refractivity (Wildman–Crippen MR) is 26.1 cm³/mol. The van der Waals surface area contributed by atoms with Crippen LogP contribution in [0.15, 0.2) is 0 Å². The van der Waals surface area contributed by atoms with Gasteiger partial charge in [-0.15, -0.1) is 0 Å². The molecule has 0 fully saturated rings. The first-order valence-electron chi connectivity index (χ1n) is 1.37. The molecule has 0 spiro atoms. The molecule has 7 heteroatoms. The monoisotopic (exact) mass is 113 g/mol. The number of hydrogen-bond donors (Lipinski definition) is 4. The van der Waals surface area contributed by atoms with E-state index in [4.69, 9.17) is 20.1 Å². The Morgan fingerprint density at radius 3 is 0.857 bits per heavy atom. The molecule has 0 aromatic carbocycles. The third kappa shape index (κ3) is 6.97. The van der Waals surface area contributed by atoms with E-state index in [0.29, 0.717) is 0 Å². The van der Waals surface area contributed by atoms with E-state index in [1.807, 2.05) is 0 Å². The van der Waals surface area contributed by atoms with Gasteiger partial charge in [-0.3, -0.25) is 0 Å². The fraction of sp³-hybridized carbons (Fsp3) is 0. The Bertz CT molecular complexity index is 30.7. The van der Waals surface area contributed by atoms with E-state index < -0.39 is 14.0 Å². The minimum Gasteiger partial charge on any atom is -0.429 e. The van der Waals surface area contributed by atoms with Crippen molar-refractivity contribution in [2.75, 3.05) is 0 Å². The summed E-state index contributed by atoms with van der Waals surface area (Å²) in [5.74, 6) is 0. The first kappa shape index (κ1) is 10.9. The molecule has 0 atom stereocenters. The summed E-state index contributed by atoms with van der Waals surface area (Å²) in [4.78, 5) is 0. The molecular formula is H4B2NaO4. The van der Waals surface area contributed by atoms with Gasteiger partial charge in [0, 0.05) is 29.6 Å². The number of rotatable bonds is 1. The van der Waals surface area contributed by atoms with E-state index in [9.17, 15) is 0 Å². The van der Waals surface area contributed by atoms with Crippen LogP contribution in [0.4, 0.5) is 0 Å². The molecule has 4 nitrogen and oxygen atoms in total. The molecule has 7 heavy (non-hydrogen) atoms. The molecule has 0 aromatic rings. The second-order valence-electron chi connectivity index (χ2n) is 0.827. The van der Waals surface area contributed by atoms with Crippen LogP contribution in [0, 0.1) is 0 Å². The molecule has 0 rings (SSSR count). The van der Waals surface area contributed by atoms with Gasteiger partial charge in [0.25, 0.3) is 0 Å². The summed E-state index contributed by atoms with van der Waals surface area (Å²) in [5, 5.41) is 30.7. The van der Waals surface area contributed by atoms with Gasteiger partial charge in [0.15, 0.2) is 0 Å². The fourth-order valence-corrected chi connectivity index (χ4v) is 0. The Balaban J connectivity index is 0. The van der Waals surface area contributed by atoms with Crippen molar-refractivity contribution in [2.45, 2.75) is 0 Å². The van der Waals surface area contributed by atoms with Gasteiger partial charge in [-0.05, 0) is 0 Å². The zero-order valence-electron chi connectivity index (χ0n) is 3.94. The second kappa shape index (κ2) is 5.11. The van der Waals surface area contributed by atoms with E-state index in [2.05, 4.69) is 0 Å². The average molecular weight is 113 g/mol. The fourth-order valence-electron chi connectivity index (χ4n) is 0. The Morgan fingerprint density at radius 1 is 0.714 bits per heavy atom. The first-order chi connectivity index (χ1) is 2.64. The van der Waals surface area contributed by atoms with Gasteiger partial charge in [-0.25, -0.2) is 0 Å². The predicted octanol–water partition coefficient (Wildman–Crippen LogP) is -3.37. The van der Waals surface area contributed by atoms with E-state index in [-0.39, 0.29) is 29.6 Å². The van der Waals surface area contributed by atoms with Crippen LogP contribution in [-0.4, -0.2) is 63.7 Å². The normalized spacial score (nSPS) is 6.86. The van der Waals surface area contributed by atoms with Gasteiger partial charge >= 0.3 is 14.0 Å². The SMILES string of the molecule is OB(O)B(O)O.[Na]. The quantitative estimate of drug-likeness (QED) is 0.267. The van der Waals surface area contributed by atoms with E-state index in [1.54, 1.807) is 0 Å². The summed E-state index contributed by atoms with van der Waals surface area (Å²) >= 11 is 0. The van der Waals surface area contributed by atoms with Gasteiger partial charge in [0.2, 0.25) is 0 Å². The summed E-state index contributed by atoms with van der Waals surface area (Å²) in [6, 6.07) is 0. The van der Waals surface area contributed by atoms with Gasteiger partial charge in [0.05, 0.1) is 0 Å². The van der Waals surface area contributed by atoms with Gasteiger partial charge < -0.3 is 20.1 Å². The Labute approximate surface area is 63.7 Å². The zero-order chi connectivity index (χ0) is 5.15. The first-order valence-corrected chi connectivity index (χ1v) is 1.37. The minimum absolute atomic E-state index is 0. The maximum Gasteiger partial charge on any atom is 0.482 e. The molecule has 0 heterocycles. The van der Waals surface area contributed by atoms with Gasteiger partial charge in [-0.2, -0.15) is 0 Å². The van der Waals surface area contributed by atoms with Crippen molar-refractivity contribution in [2.24, 2.45) is 0 Å². The van der Waals surface area contributed by atoms with E-state index in [1.165, 1.54) is 0 Å². The van der Waals surface area contributed by atoms with Crippen molar-refractivity contribution in [1.82, 2.24) is 0 Å². The summed E-state index contributed by atoms with van der Waals surface area (Å²) < 4.78 is 0. The van der Waals surface area contributed by atoms with E-state index in [0.717, 1.165) is 0 Å². The maximum atomic E-state index is 7.69. The maximum absolute atomic E-state index is 7.69. The van der Waals surface area contributed by atoms with Crippen LogP contribution < -0.4 is 0 Å². The summed E-state index contributed by atoms with van der Waals surface area (Å²) in [5.41, 5.74) is 0. The smallest absolute Gasteiger partial charge is 0.429 e. The molecule has 0 aliphatic heterocycles. The molecule has 0 aliphatic carbocycles. The largest absolute Gasteiger partial charge is 0.482 e. The second-order valence-corrected chi connectivity index (χ2v) is 0.827. The average Bonchev–Trinajstić information content (AvgIpc) is 1.36. The van der Waals surface area contributed by atoms with Crippen LogP contribution in [0.5, 0.6) is 0 Å². The minimum atomic E-state index is -2.04. The van der Waals surface area contributed by atoms with Crippen LogP contribution >= 0.6 is 0 Å². The molecule has 0 saturated heterocycles. The van der Waals surface area contributed by atoms with Gasteiger partial charge in [0.1, 0.15) is 0 Å². The Hall–Kier alpha value is 0.970. The zero-order valence-corrected chi connectivity index (χ0v) is 5.94. The van der Waals surface area contributed by atoms with Crippen molar-refractivity contribution < 1.29 is 20.1 Å². The standard InChI is InChI=1S/B2H4O4.Na/c3-1(4)2(5)6;/h3-6H;. The Kier molecular flexibility index (Phi) is 7.94. The van der Waals surface area contributed by atoms with Crippen molar-refractivity contribution in [3.63, 3.8) is 0 Å². The molecule has 0 saturated carbocycles. The molecule has 4 N–H and O–H groups in total. The van der Waals surface area contributed by atoms with Crippen molar-refractivity contribution in [3.05, 3.63) is 0 Å². The molecule has 0 unspecified atom stereocenters. The molecular weight excluding hydrogens is 109 g/mol. The summed E-state index contributed by atoms with van der Waals surface area (Å²) in [6.45, 7) is 0. The molecule has 0 amide bonds. The third-order valence-corrected chi connectivity index (χ3v) is 0.267. The Morgan fingerprint density at radius 2 is 0.857 bits per heavy atom. The summed E-state index contributed by atoms with van der Waals surface area (Å²) in [7, 11) is -4.07. The molecule has 35 valence electrons. The van der Waals surface area contributed by atoms with Crippen molar-refractivity contribution >= 4 is 43.6 Å². The van der Waals surface area contributed by atoms with Crippen molar-refractivity contribution in [1.29, 1.82) is 0 Å². The van der Waals surface area contributed by atoms with Gasteiger partial charge in [-0.1, -0.05) is 0 Å². The number of hydrogen-bond acceptors (Lipinski definition) is 4. The molecule has 1 radical (unpaired) electrons. The molecule has 0 bridgehead atoms. The van der Waals surface area contributed by atoms with Crippen molar-refractivity contribution in [3.8, 4) is 0 Å². The van der Waals surface area contributed by atoms with Crippen LogP contribution in [0.2, 0.25) is 0 Å². The third-order valence-electron chi connectivity index (χ3n) is 0.267. The van der Waals surface area contributed by atoms with Crippen LogP contribution in [0.3, 0.4) is 0 Å². The topological polar surface area (TPSA) is 80.9 Å². The van der Waals surface area contributed by atoms with E-state index >= 15 is 0 Å². The van der Waals surface area contributed by atoms with Crippen LogP contribution in [0.25, 0.3) is 0 Å². The molecule has 0 aromatic heterocycles. The molecule has 0 aliphatic rings.